The monoisotopic (exact) mass is 493 g/mol. The average molecular weight is 494 g/mol. The molecule has 3 rings (SSSR count). The van der Waals surface area contributed by atoms with Gasteiger partial charge in [0.15, 0.2) is 0 Å². The highest BCUT2D eigenvalue weighted by Gasteiger charge is 2.19. The van der Waals surface area contributed by atoms with E-state index in [4.69, 9.17) is 14.2 Å². The largest absolute Gasteiger partial charge is 0.481 e. The predicted molar refractivity (Wildman–Crippen MR) is 140 cm³/mol. The third kappa shape index (κ3) is 6.73. The number of hydrogen-bond donors (Lipinski definition) is 3. The molecule has 0 bridgehead atoms. The molecule has 0 aliphatic heterocycles. The fraction of sp³-hybridized carbons (Fsp3) is 0.296. The number of benzene rings is 2. The summed E-state index contributed by atoms with van der Waals surface area (Å²) in [6, 6.07) is 12.5. The van der Waals surface area contributed by atoms with Gasteiger partial charge in [0.25, 0.3) is 0 Å². The van der Waals surface area contributed by atoms with E-state index >= 15 is 0 Å². The molecule has 0 fully saturated rings. The highest BCUT2D eigenvalue weighted by molar-refractivity contribution is 6.08. The molecule has 0 aliphatic carbocycles. The van der Waals surface area contributed by atoms with Gasteiger partial charge in [0.1, 0.15) is 5.60 Å². The van der Waals surface area contributed by atoms with E-state index in [0.717, 1.165) is 16.3 Å². The number of aliphatic hydroxyl groups is 1. The van der Waals surface area contributed by atoms with Crippen LogP contribution in [0.5, 0.6) is 11.8 Å². The van der Waals surface area contributed by atoms with E-state index in [-0.39, 0.29) is 6.61 Å². The normalized spacial score (nSPS) is 11.4. The number of ether oxygens (including phenoxy) is 3. The quantitative estimate of drug-likeness (QED) is 0.386. The molecule has 0 aliphatic rings. The lowest BCUT2D eigenvalue weighted by Crippen LogP contribution is -2.27. The van der Waals surface area contributed by atoms with E-state index in [1.165, 1.54) is 20.3 Å². The first kappa shape index (κ1) is 26.5. The zero-order valence-electron chi connectivity index (χ0n) is 21.0. The van der Waals surface area contributed by atoms with Crippen molar-refractivity contribution in [2.24, 2.45) is 0 Å². The molecule has 3 N–H and O–H groups in total. The van der Waals surface area contributed by atoms with Crippen LogP contribution in [0, 0.1) is 0 Å². The molecular formula is C27H31N3O6. The van der Waals surface area contributed by atoms with E-state index in [1.54, 1.807) is 45.0 Å². The Labute approximate surface area is 210 Å². The number of nitrogens with one attached hydrogen (secondary N) is 2. The lowest BCUT2D eigenvalue weighted by Gasteiger charge is -2.21. The van der Waals surface area contributed by atoms with Crippen molar-refractivity contribution in [2.45, 2.75) is 32.8 Å². The molecule has 9 nitrogen and oxygen atoms in total. The van der Waals surface area contributed by atoms with Crippen molar-refractivity contribution in [3.8, 4) is 11.8 Å². The highest BCUT2D eigenvalue weighted by atomic mass is 16.6. The highest BCUT2D eigenvalue weighted by Crippen LogP contribution is 2.34. The first-order valence-electron chi connectivity index (χ1n) is 11.4. The fourth-order valence-corrected chi connectivity index (χ4v) is 3.62. The number of nitrogens with zero attached hydrogens (tertiary/aromatic N) is 1. The Balaban J connectivity index is 1.95. The Morgan fingerprint density at radius 3 is 2.36 bits per heavy atom. The van der Waals surface area contributed by atoms with Gasteiger partial charge >= 0.3 is 6.09 Å². The molecular weight excluding hydrogens is 462 g/mol. The topological polar surface area (TPSA) is 119 Å². The maximum atomic E-state index is 12.9. The van der Waals surface area contributed by atoms with Crippen LogP contribution in [0.1, 0.15) is 31.9 Å². The summed E-state index contributed by atoms with van der Waals surface area (Å²) in [4.78, 5) is 29.5. The number of methoxy groups -OCH3 is 2. The van der Waals surface area contributed by atoms with Gasteiger partial charge in [-0.2, -0.15) is 4.98 Å². The Morgan fingerprint density at radius 2 is 1.72 bits per heavy atom. The summed E-state index contributed by atoms with van der Waals surface area (Å²) in [7, 11) is 2.98. The van der Waals surface area contributed by atoms with Gasteiger partial charge in [-0.15, -0.1) is 0 Å². The minimum absolute atomic E-state index is 0.115. The second kappa shape index (κ2) is 11.5. The number of hydrogen-bond acceptors (Lipinski definition) is 7. The summed E-state index contributed by atoms with van der Waals surface area (Å²) < 4.78 is 15.8. The second-order valence-electron chi connectivity index (χ2n) is 8.87. The third-order valence-electron chi connectivity index (χ3n) is 5.09. The molecule has 2 amide bonds. The van der Waals surface area contributed by atoms with E-state index in [0.29, 0.717) is 35.1 Å². The van der Waals surface area contributed by atoms with Gasteiger partial charge in [0.2, 0.25) is 17.7 Å². The third-order valence-corrected chi connectivity index (χ3v) is 5.09. The molecule has 2 aromatic carbocycles. The molecule has 190 valence electrons. The minimum Gasteiger partial charge on any atom is -0.481 e. The Hall–Kier alpha value is -4.11. The standard InChI is InChI=1S/C27H31N3O6/c1-27(2,3)36-26(33)29-22-16-21(20(14-15-31)18-8-6-7-9-19(18)22)28-23(32)12-10-17-11-13-24(34-4)30-25(17)35-5/h6-13,16,31H,14-15H2,1-5H3,(H,28,32)(H,29,33)/b12-10+. The van der Waals surface area contributed by atoms with Crippen LogP contribution < -0.4 is 20.1 Å². The Bertz CT molecular complexity index is 1280. The lowest BCUT2D eigenvalue weighted by molar-refractivity contribution is -0.111. The van der Waals surface area contributed by atoms with Gasteiger partial charge in [0, 0.05) is 35.4 Å². The summed E-state index contributed by atoms with van der Waals surface area (Å²) in [5.41, 5.74) is 1.60. The van der Waals surface area contributed by atoms with Crippen molar-refractivity contribution in [3.05, 3.63) is 59.7 Å². The van der Waals surface area contributed by atoms with Crippen molar-refractivity contribution < 1.29 is 28.9 Å². The van der Waals surface area contributed by atoms with Gasteiger partial charge in [-0.3, -0.25) is 10.1 Å². The minimum atomic E-state index is -0.671. The smallest absolute Gasteiger partial charge is 0.412 e. The number of carbonyl (C=O) groups excluding carboxylic acids is 2. The van der Waals surface area contributed by atoms with Crippen molar-refractivity contribution >= 4 is 40.2 Å². The van der Waals surface area contributed by atoms with E-state index in [2.05, 4.69) is 15.6 Å². The molecule has 0 saturated heterocycles. The summed E-state index contributed by atoms with van der Waals surface area (Å²) in [6.45, 7) is 5.22. The molecule has 9 heteroatoms. The van der Waals surface area contributed by atoms with Gasteiger partial charge < -0.3 is 24.6 Å². The maximum Gasteiger partial charge on any atom is 0.412 e. The number of aliphatic hydroxyl groups excluding tert-OH is 1. The molecule has 0 unspecified atom stereocenters. The molecule has 0 spiro atoms. The first-order chi connectivity index (χ1) is 17.1. The van der Waals surface area contributed by atoms with Crippen LogP contribution in [-0.2, 0) is 16.0 Å². The zero-order valence-corrected chi connectivity index (χ0v) is 21.0. The Kier molecular flexibility index (Phi) is 8.50. The summed E-state index contributed by atoms with van der Waals surface area (Å²) in [5, 5.41) is 16.9. The predicted octanol–water partition coefficient (Wildman–Crippen LogP) is 4.79. The number of rotatable bonds is 8. The van der Waals surface area contributed by atoms with Crippen molar-refractivity contribution in [1.29, 1.82) is 0 Å². The first-order valence-corrected chi connectivity index (χ1v) is 11.4. The van der Waals surface area contributed by atoms with Gasteiger partial charge in [0.05, 0.1) is 19.9 Å². The van der Waals surface area contributed by atoms with Crippen molar-refractivity contribution in [2.75, 3.05) is 31.5 Å². The average Bonchev–Trinajstić information content (AvgIpc) is 2.83. The molecule has 1 heterocycles. The molecule has 0 saturated carbocycles. The molecule has 1 aromatic heterocycles. The number of aromatic nitrogens is 1. The van der Waals surface area contributed by atoms with E-state index in [9.17, 15) is 14.7 Å². The SMILES string of the molecule is COc1ccc(/C=C/C(=O)Nc2cc(NC(=O)OC(C)(C)C)c3ccccc3c2CCO)c(OC)n1. The van der Waals surface area contributed by atoms with Gasteiger partial charge in [-0.05, 0) is 56.4 Å². The molecule has 36 heavy (non-hydrogen) atoms. The van der Waals surface area contributed by atoms with Crippen molar-refractivity contribution in [1.82, 2.24) is 4.98 Å². The molecule has 0 atom stereocenters. The van der Waals surface area contributed by atoms with Crippen LogP contribution >= 0.6 is 0 Å². The van der Waals surface area contributed by atoms with E-state index in [1.807, 2.05) is 24.3 Å². The van der Waals surface area contributed by atoms with Crippen LogP contribution in [0.15, 0.2) is 48.5 Å². The van der Waals surface area contributed by atoms with Crippen molar-refractivity contribution in [3.63, 3.8) is 0 Å². The number of amides is 2. The number of pyridine rings is 1. The van der Waals surface area contributed by atoms with Crippen LogP contribution in [-0.4, -0.2) is 48.5 Å². The number of carbonyl (C=O) groups is 2. The maximum absolute atomic E-state index is 12.9. The number of fused-ring (bicyclic) bond motifs is 1. The van der Waals surface area contributed by atoms with Gasteiger partial charge in [-0.1, -0.05) is 24.3 Å². The summed E-state index contributed by atoms with van der Waals surface area (Å²) >= 11 is 0. The lowest BCUT2D eigenvalue weighted by atomic mass is 9.98. The summed E-state index contributed by atoms with van der Waals surface area (Å²) in [6.07, 6.45) is 2.62. The zero-order chi connectivity index (χ0) is 26.3. The molecule has 0 radical (unpaired) electrons. The fourth-order valence-electron chi connectivity index (χ4n) is 3.62. The second-order valence-corrected chi connectivity index (χ2v) is 8.87. The summed E-state index contributed by atoms with van der Waals surface area (Å²) in [5.74, 6) is 0.294. The Morgan fingerprint density at radius 1 is 1.00 bits per heavy atom. The van der Waals surface area contributed by atoms with Crippen LogP contribution in [0.2, 0.25) is 0 Å². The van der Waals surface area contributed by atoms with Crippen LogP contribution in [0.4, 0.5) is 16.2 Å². The molecule has 3 aromatic rings. The number of anilines is 2. The van der Waals surface area contributed by atoms with Crippen LogP contribution in [0.3, 0.4) is 0 Å². The van der Waals surface area contributed by atoms with E-state index < -0.39 is 17.6 Å². The van der Waals surface area contributed by atoms with Crippen LogP contribution in [0.25, 0.3) is 16.8 Å². The van der Waals surface area contributed by atoms with Gasteiger partial charge in [-0.25, -0.2) is 4.79 Å².